The summed E-state index contributed by atoms with van der Waals surface area (Å²) in [5.74, 6) is 2.40. The first-order valence-corrected chi connectivity index (χ1v) is 9.52. The summed E-state index contributed by atoms with van der Waals surface area (Å²) < 4.78 is 0. The van der Waals surface area contributed by atoms with Crippen LogP contribution < -0.4 is 21.7 Å². The topological polar surface area (TPSA) is 96.2 Å². The van der Waals surface area contributed by atoms with Crippen LogP contribution in [0.25, 0.3) is 0 Å². The van der Waals surface area contributed by atoms with Crippen molar-refractivity contribution in [3.63, 3.8) is 0 Å². The van der Waals surface area contributed by atoms with Crippen LogP contribution in [0.5, 0.6) is 0 Å². The molecule has 24 heavy (non-hydrogen) atoms. The lowest BCUT2D eigenvalue weighted by Crippen LogP contribution is -2.61. The Morgan fingerprint density at radius 1 is 1.04 bits per heavy atom. The smallest absolute Gasteiger partial charge is 0.315 e. The average molecular weight is 336 g/mol. The van der Waals surface area contributed by atoms with Crippen LogP contribution in [0.1, 0.15) is 58.3 Å². The molecule has 136 valence electrons. The van der Waals surface area contributed by atoms with Gasteiger partial charge in [-0.15, -0.1) is 0 Å². The molecule has 4 saturated carbocycles. The first-order valence-electron chi connectivity index (χ1n) is 9.52. The molecule has 5 N–H and O–H groups in total. The quantitative estimate of drug-likeness (QED) is 0.567. The number of amides is 3. The third kappa shape index (κ3) is 4.41. The number of hydrogen-bond donors (Lipinski definition) is 4. The zero-order valence-corrected chi connectivity index (χ0v) is 14.8. The molecule has 4 aliphatic carbocycles. The van der Waals surface area contributed by atoms with E-state index >= 15 is 0 Å². The van der Waals surface area contributed by atoms with E-state index in [0.29, 0.717) is 19.5 Å². The van der Waals surface area contributed by atoms with Crippen LogP contribution in [0.4, 0.5) is 4.79 Å². The molecule has 0 aromatic heterocycles. The normalized spacial score (nSPS) is 34.7. The summed E-state index contributed by atoms with van der Waals surface area (Å²) in [5.41, 5.74) is 5.67. The van der Waals surface area contributed by atoms with E-state index < -0.39 is 0 Å². The van der Waals surface area contributed by atoms with Crippen molar-refractivity contribution in [2.24, 2.45) is 23.5 Å². The van der Waals surface area contributed by atoms with Gasteiger partial charge in [0.1, 0.15) is 0 Å². The molecule has 6 heteroatoms. The first kappa shape index (κ1) is 17.5. The highest BCUT2D eigenvalue weighted by atomic mass is 16.2. The maximum atomic E-state index is 12.2. The highest BCUT2D eigenvalue weighted by molar-refractivity contribution is 5.78. The predicted octanol–water partition coefficient (Wildman–Crippen LogP) is 1.50. The summed E-state index contributed by atoms with van der Waals surface area (Å²) in [5, 5.41) is 8.93. The van der Waals surface area contributed by atoms with Gasteiger partial charge in [0, 0.05) is 31.1 Å². The van der Waals surface area contributed by atoms with Crippen LogP contribution in [-0.2, 0) is 4.79 Å². The molecule has 0 aliphatic heterocycles. The molecular formula is C18H32N4O2. The lowest BCUT2D eigenvalue weighted by atomic mass is 9.53. The molecule has 0 radical (unpaired) electrons. The predicted molar refractivity (Wildman–Crippen MR) is 93.3 cm³/mol. The second kappa shape index (κ2) is 7.30. The van der Waals surface area contributed by atoms with Gasteiger partial charge in [0.25, 0.3) is 0 Å². The van der Waals surface area contributed by atoms with Gasteiger partial charge in [0.15, 0.2) is 0 Å². The van der Waals surface area contributed by atoms with Crippen molar-refractivity contribution in [1.82, 2.24) is 16.0 Å². The van der Waals surface area contributed by atoms with Crippen molar-refractivity contribution < 1.29 is 9.59 Å². The number of carbonyl (C=O) groups excluding carboxylic acids is 2. The van der Waals surface area contributed by atoms with E-state index in [1.165, 1.54) is 19.3 Å². The second-order valence-corrected chi connectivity index (χ2v) is 8.44. The minimum Gasteiger partial charge on any atom is -0.356 e. The lowest BCUT2D eigenvalue weighted by Gasteiger charge is -2.56. The first-order chi connectivity index (χ1) is 11.4. The van der Waals surface area contributed by atoms with E-state index in [2.05, 4.69) is 16.0 Å². The fourth-order valence-electron chi connectivity index (χ4n) is 5.37. The summed E-state index contributed by atoms with van der Waals surface area (Å²) >= 11 is 0. The number of nitrogens with two attached hydrogens (primary N) is 1. The van der Waals surface area contributed by atoms with E-state index in [0.717, 1.165) is 43.4 Å². The zero-order chi connectivity index (χ0) is 17.2. The Morgan fingerprint density at radius 3 is 2.17 bits per heavy atom. The van der Waals surface area contributed by atoms with Gasteiger partial charge in [-0.05, 0) is 69.6 Å². The lowest BCUT2D eigenvalue weighted by molar-refractivity contribution is -0.120. The average Bonchev–Trinajstić information content (AvgIpc) is 2.44. The van der Waals surface area contributed by atoms with Crippen molar-refractivity contribution in [2.75, 3.05) is 13.1 Å². The molecule has 1 unspecified atom stereocenters. The Hall–Kier alpha value is -1.30. The minimum absolute atomic E-state index is 0.0261. The third-order valence-corrected chi connectivity index (χ3v) is 5.98. The number of hydrogen-bond acceptors (Lipinski definition) is 3. The molecule has 0 aromatic rings. The van der Waals surface area contributed by atoms with Crippen LogP contribution in [0.2, 0.25) is 0 Å². The molecule has 0 spiro atoms. The maximum Gasteiger partial charge on any atom is 0.315 e. The SMILES string of the molecule is CC(N)CCNC(=O)CCNC(=O)NC12CC3CC(CC(C3)C1)C2. The summed E-state index contributed by atoms with van der Waals surface area (Å²) in [6.07, 6.45) is 8.61. The second-order valence-electron chi connectivity index (χ2n) is 8.44. The van der Waals surface area contributed by atoms with Crippen LogP contribution in [0, 0.1) is 17.8 Å². The number of rotatable bonds is 7. The Morgan fingerprint density at radius 2 is 1.62 bits per heavy atom. The van der Waals surface area contributed by atoms with Gasteiger partial charge in [-0.2, -0.15) is 0 Å². The van der Waals surface area contributed by atoms with E-state index in [-0.39, 0.29) is 23.5 Å². The summed E-state index contributed by atoms with van der Waals surface area (Å²) in [6.45, 7) is 2.89. The minimum atomic E-state index is -0.111. The molecule has 4 aliphatic rings. The standard InChI is InChI=1S/C18H32N4O2/c1-12(19)2-4-20-16(23)3-5-21-17(24)22-18-9-13-6-14(10-18)8-15(7-13)11-18/h12-15H,2-11,19H2,1H3,(H,20,23)(H2,21,22,24). The van der Waals surface area contributed by atoms with Crippen molar-refractivity contribution in [3.05, 3.63) is 0 Å². The molecule has 6 nitrogen and oxygen atoms in total. The molecule has 0 saturated heterocycles. The van der Waals surface area contributed by atoms with E-state index in [1.807, 2.05) is 6.92 Å². The van der Waals surface area contributed by atoms with Crippen LogP contribution in [0.15, 0.2) is 0 Å². The molecule has 4 fully saturated rings. The van der Waals surface area contributed by atoms with Crippen LogP contribution in [0.3, 0.4) is 0 Å². The van der Waals surface area contributed by atoms with Gasteiger partial charge < -0.3 is 21.7 Å². The van der Waals surface area contributed by atoms with Crippen molar-refractivity contribution in [3.8, 4) is 0 Å². The van der Waals surface area contributed by atoms with Gasteiger partial charge >= 0.3 is 6.03 Å². The van der Waals surface area contributed by atoms with Crippen molar-refractivity contribution in [2.45, 2.75) is 69.9 Å². The Labute approximate surface area is 144 Å². The van der Waals surface area contributed by atoms with Crippen LogP contribution >= 0.6 is 0 Å². The summed E-state index contributed by atoms with van der Waals surface area (Å²) in [6, 6.07) is -0.0187. The summed E-state index contributed by atoms with van der Waals surface area (Å²) in [4.78, 5) is 23.9. The number of nitrogens with one attached hydrogen (secondary N) is 3. The number of carbonyl (C=O) groups is 2. The number of urea groups is 1. The Kier molecular flexibility index (Phi) is 5.33. The van der Waals surface area contributed by atoms with Gasteiger partial charge in [0.05, 0.1) is 0 Å². The van der Waals surface area contributed by atoms with E-state index in [4.69, 9.17) is 5.73 Å². The van der Waals surface area contributed by atoms with Crippen molar-refractivity contribution >= 4 is 11.9 Å². The fourth-order valence-corrected chi connectivity index (χ4v) is 5.37. The monoisotopic (exact) mass is 336 g/mol. The molecule has 4 bridgehead atoms. The molecule has 0 aromatic carbocycles. The summed E-state index contributed by atoms with van der Waals surface area (Å²) in [7, 11) is 0. The van der Waals surface area contributed by atoms with Gasteiger partial charge in [-0.1, -0.05) is 0 Å². The maximum absolute atomic E-state index is 12.2. The molecule has 3 amide bonds. The fraction of sp³-hybridized carbons (Fsp3) is 0.889. The van der Waals surface area contributed by atoms with Crippen LogP contribution in [-0.4, -0.2) is 36.6 Å². The van der Waals surface area contributed by atoms with Gasteiger partial charge in [-0.3, -0.25) is 4.79 Å². The molecule has 0 heterocycles. The molecular weight excluding hydrogens is 304 g/mol. The third-order valence-electron chi connectivity index (χ3n) is 5.98. The zero-order valence-electron chi connectivity index (χ0n) is 14.8. The van der Waals surface area contributed by atoms with E-state index in [9.17, 15) is 9.59 Å². The molecule has 4 rings (SSSR count). The Bertz CT molecular complexity index is 442. The van der Waals surface area contributed by atoms with Gasteiger partial charge in [0.2, 0.25) is 5.91 Å². The van der Waals surface area contributed by atoms with Crippen molar-refractivity contribution in [1.29, 1.82) is 0 Å². The Balaban J connectivity index is 1.35. The highest BCUT2D eigenvalue weighted by Crippen LogP contribution is 2.55. The highest BCUT2D eigenvalue weighted by Gasteiger charge is 2.51. The van der Waals surface area contributed by atoms with Gasteiger partial charge in [-0.25, -0.2) is 4.79 Å². The van der Waals surface area contributed by atoms with E-state index in [1.54, 1.807) is 0 Å². The molecule has 1 atom stereocenters. The largest absolute Gasteiger partial charge is 0.356 e.